The van der Waals surface area contributed by atoms with Gasteiger partial charge in [-0.2, -0.15) is 0 Å². The van der Waals surface area contributed by atoms with Crippen molar-refractivity contribution in [2.45, 2.75) is 89.1 Å². The molecule has 2 bridgehead atoms. The number of rotatable bonds is 0. The Labute approximate surface area is 168 Å². The zero-order valence-corrected chi connectivity index (χ0v) is 17.5. The Balaban J connectivity index is 1.43. The van der Waals surface area contributed by atoms with Crippen molar-refractivity contribution in [1.82, 2.24) is 26.0 Å². The molecule has 7 atom stereocenters. The largest absolute Gasteiger partial charge is 0.377 e. The Kier molecular flexibility index (Phi) is 5.43. The van der Waals surface area contributed by atoms with Crippen LogP contribution in [-0.2, 0) is 4.74 Å². The molecule has 0 spiro atoms. The van der Waals surface area contributed by atoms with Crippen LogP contribution in [0.1, 0.15) is 52.4 Å². The quantitative estimate of drug-likeness (QED) is 0.577. The van der Waals surface area contributed by atoms with Crippen LogP contribution in [0.15, 0.2) is 0 Å². The van der Waals surface area contributed by atoms with Crippen LogP contribution in [0.2, 0.25) is 0 Å². The second-order valence-electron chi connectivity index (χ2n) is 10.5. The van der Waals surface area contributed by atoms with Crippen LogP contribution in [0.25, 0.3) is 0 Å². The van der Waals surface area contributed by atoms with Crippen LogP contribution in [0.3, 0.4) is 0 Å². The molecule has 160 valence electrons. The van der Waals surface area contributed by atoms with Crippen molar-refractivity contribution in [2.24, 2.45) is 11.3 Å². The molecule has 6 unspecified atom stereocenters. The van der Waals surface area contributed by atoms with Crippen LogP contribution in [0.5, 0.6) is 0 Å². The molecule has 0 aromatic carbocycles. The smallest absolute Gasteiger partial charge is 0.101 e. The van der Waals surface area contributed by atoms with Crippen molar-refractivity contribution in [3.63, 3.8) is 0 Å². The molecule has 28 heavy (non-hydrogen) atoms. The molecule has 1 aliphatic carbocycles. The standard InChI is InChI=1S/C21H38FN5O/c1-21(2)12-23-16-11-24-27-9-7-19(25-20(16)27)26-8-3-4-17(26)15-10-14(22)5-6-18(15)28-13-21/h14-20,23-25H,3-13H2,1-2H3/t14?,15?,16?,17-,18?,19?,20?/m1/s1. The van der Waals surface area contributed by atoms with Gasteiger partial charge in [0.05, 0.1) is 31.1 Å². The minimum Gasteiger partial charge on any atom is -0.377 e. The molecule has 4 aliphatic heterocycles. The maximum absolute atomic E-state index is 14.4. The third-order valence-electron chi connectivity index (χ3n) is 7.78. The first kappa shape index (κ1) is 19.6. The van der Waals surface area contributed by atoms with Gasteiger partial charge in [-0.15, -0.1) is 0 Å². The third kappa shape index (κ3) is 3.74. The average Bonchev–Trinajstić information content (AvgIpc) is 3.31. The first-order valence-electron chi connectivity index (χ1n) is 11.5. The summed E-state index contributed by atoms with van der Waals surface area (Å²) in [7, 11) is 0. The number of hydrogen-bond acceptors (Lipinski definition) is 6. The Morgan fingerprint density at radius 2 is 2.00 bits per heavy atom. The van der Waals surface area contributed by atoms with Gasteiger partial charge in [0.15, 0.2) is 0 Å². The van der Waals surface area contributed by atoms with E-state index in [0.29, 0.717) is 43.2 Å². The summed E-state index contributed by atoms with van der Waals surface area (Å²) in [6, 6.07) is 0.860. The summed E-state index contributed by atoms with van der Waals surface area (Å²) in [5.74, 6) is 0.327. The molecule has 0 amide bonds. The second kappa shape index (κ2) is 7.75. The van der Waals surface area contributed by atoms with E-state index in [4.69, 9.17) is 4.74 Å². The molecule has 5 rings (SSSR count). The molecule has 0 aromatic rings. The first-order valence-corrected chi connectivity index (χ1v) is 11.5. The normalized spacial score (nSPS) is 47.5. The van der Waals surface area contributed by atoms with Gasteiger partial charge >= 0.3 is 0 Å². The molecule has 7 heteroatoms. The molecular formula is C21H38FN5O. The Hall–Kier alpha value is -0.310. The fourth-order valence-corrected chi connectivity index (χ4v) is 6.24. The van der Waals surface area contributed by atoms with E-state index < -0.39 is 6.17 Å². The SMILES string of the molecule is CC1(C)CNC2CNN3CCC(NC23)N2CCC[C@@H]2C2CC(F)CCC2OC1. The predicted octanol–water partition coefficient (Wildman–Crippen LogP) is 1.44. The summed E-state index contributed by atoms with van der Waals surface area (Å²) in [4.78, 5) is 2.68. The van der Waals surface area contributed by atoms with Crippen molar-refractivity contribution >= 4 is 0 Å². The summed E-state index contributed by atoms with van der Waals surface area (Å²) in [6.45, 7) is 9.43. The number of ether oxygens (including phenoxy) is 1. The van der Waals surface area contributed by atoms with Crippen molar-refractivity contribution in [1.29, 1.82) is 0 Å². The van der Waals surface area contributed by atoms with Gasteiger partial charge in [-0.05, 0) is 45.1 Å². The monoisotopic (exact) mass is 395 g/mol. The lowest BCUT2D eigenvalue weighted by molar-refractivity contribution is -0.0827. The number of halogens is 1. The zero-order valence-electron chi connectivity index (χ0n) is 17.5. The number of hydrazine groups is 1. The van der Waals surface area contributed by atoms with Gasteiger partial charge in [0.25, 0.3) is 0 Å². The lowest BCUT2D eigenvalue weighted by Crippen LogP contribution is -2.65. The average molecular weight is 396 g/mol. The van der Waals surface area contributed by atoms with Crippen molar-refractivity contribution < 1.29 is 9.13 Å². The summed E-state index contributed by atoms with van der Waals surface area (Å²) >= 11 is 0. The number of fused-ring (bicyclic) bond motifs is 5. The van der Waals surface area contributed by atoms with E-state index in [-0.39, 0.29) is 11.5 Å². The van der Waals surface area contributed by atoms with Gasteiger partial charge in [0, 0.05) is 37.0 Å². The first-order chi connectivity index (χ1) is 13.5. The third-order valence-corrected chi connectivity index (χ3v) is 7.78. The van der Waals surface area contributed by atoms with Crippen LogP contribution in [0, 0.1) is 11.3 Å². The maximum atomic E-state index is 14.4. The predicted molar refractivity (Wildman–Crippen MR) is 107 cm³/mol. The number of alkyl halides is 1. The highest BCUT2D eigenvalue weighted by atomic mass is 19.1. The summed E-state index contributed by atoms with van der Waals surface area (Å²) < 4.78 is 21.0. The molecule has 3 N–H and O–H groups in total. The zero-order chi connectivity index (χ0) is 19.3. The summed E-state index contributed by atoms with van der Waals surface area (Å²) in [5.41, 5.74) is 3.64. The topological polar surface area (TPSA) is 51.8 Å². The van der Waals surface area contributed by atoms with Gasteiger partial charge in [-0.3, -0.25) is 15.6 Å². The molecular weight excluding hydrogens is 357 g/mol. The van der Waals surface area contributed by atoms with Crippen LogP contribution >= 0.6 is 0 Å². The second-order valence-corrected chi connectivity index (χ2v) is 10.5. The number of nitrogens with zero attached hydrogens (tertiary/aromatic N) is 2. The number of hydrogen-bond donors (Lipinski definition) is 3. The van der Waals surface area contributed by atoms with E-state index in [9.17, 15) is 4.39 Å². The van der Waals surface area contributed by atoms with E-state index in [0.717, 1.165) is 45.6 Å². The lowest BCUT2D eigenvalue weighted by Gasteiger charge is -2.46. The molecule has 0 aromatic heterocycles. The van der Waals surface area contributed by atoms with Crippen molar-refractivity contribution in [3.8, 4) is 0 Å². The van der Waals surface area contributed by atoms with Gasteiger partial charge in [-0.1, -0.05) is 13.8 Å². The Bertz CT molecular complexity index is 563. The highest BCUT2D eigenvalue weighted by molar-refractivity contribution is 5.00. The van der Waals surface area contributed by atoms with E-state index >= 15 is 0 Å². The Morgan fingerprint density at radius 3 is 2.89 bits per heavy atom. The highest BCUT2D eigenvalue weighted by Gasteiger charge is 2.47. The fourth-order valence-electron chi connectivity index (χ4n) is 6.24. The van der Waals surface area contributed by atoms with Crippen LogP contribution < -0.4 is 16.1 Å². The van der Waals surface area contributed by atoms with E-state index in [2.05, 4.69) is 39.8 Å². The van der Waals surface area contributed by atoms with Gasteiger partial charge in [0.1, 0.15) is 6.17 Å². The summed E-state index contributed by atoms with van der Waals surface area (Å²) in [5, 5.41) is 10.1. The van der Waals surface area contributed by atoms with E-state index in [1.165, 1.54) is 12.8 Å². The number of nitrogens with one attached hydrogen (secondary N) is 3. The molecule has 5 fully saturated rings. The molecule has 4 saturated heterocycles. The van der Waals surface area contributed by atoms with Gasteiger partial charge < -0.3 is 10.1 Å². The fraction of sp³-hybridized carbons (Fsp3) is 1.00. The van der Waals surface area contributed by atoms with Crippen molar-refractivity contribution in [3.05, 3.63) is 0 Å². The molecule has 4 heterocycles. The maximum Gasteiger partial charge on any atom is 0.101 e. The van der Waals surface area contributed by atoms with Crippen LogP contribution in [0.4, 0.5) is 4.39 Å². The summed E-state index contributed by atoms with van der Waals surface area (Å²) in [6.07, 6.45) is 6.03. The van der Waals surface area contributed by atoms with Crippen LogP contribution in [-0.4, -0.2) is 79.4 Å². The van der Waals surface area contributed by atoms with Crippen molar-refractivity contribution in [2.75, 3.05) is 32.8 Å². The molecule has 5 aliphatic rings. The van der Waals surface area contributed by atoms with E-state index in [1.807, 2.05) is 0 Å². The lowest BCUT2D eigenvalue weighted by atomic mass is 9.79. The molecule has 6 nitrogen and oxygen atoms in total. The minimum atomic E-state index is -0.657. The van der Waals surface area contributed by atoms with E-state index in [1.54, 1.807) is 0 Å². The molecule has 1 saturated carbocycles. The Morgan fingerprint density at radius 1 is 1.11 bits per heavy atom. The van der Waals surface area contributed by atoms with Gasteiger partial charge in [-0.25, -0.2) is 9.40 Å². The molecule has 0 radical (unpaired) electrons. The van der Waals surface area contributed by atoms with Gasteiger partial charge in [0.2, 0.25) is 0 Å². The minimum absolute atomic E-state index is 0.0714. The highest BCUT2D eigenvalue weighted by Crippen LogP contribution is 2.39.